The Kier molecular flexibility index (Phi) is 3.30. The van der Waals surface area contributed by atoms with Gasteiger partial charge in [0.1, 0.15) is 5.75 Å². The first-order valence-corrected chi connectivity index (χ1v) is 4.76. The SMILES string of the molecule is Cc1cc(Br)cc(/C=C/C(N)=O)c1O. The summed E-state index contributed by atoms with van der Waals surface area (Å²) in [7, 11) is 0. The quantitative estimate of drug-likeness (QED) is 0.794. The van der Waals surface area contributed by atoms with Gasteiger partial charge in [-0.3, -0.25) is 4.79 Å². The zero-order chi connectivity index (χ0) is 10.7. The van der Waals surface area contributed by atoms with Crippen molar-refractivity contribution < 1.29 is 9.90 Å². The standard InChI is InChI=1S/C10H10BrNO2/c1-6-4-8(11)5-7(10(6)14)2-3-9(12)13/h2-5,14H,1H3,(H2,12,13)/b3-2+. The Morgan fingerprint density at radius 1 is 1.57 bits per heavy atom. The van der Waals surface area contributed by atoms with Gasteiger partial charge in [0.05, 0.1) is 0 Å². The first-order valence-electron chi connectivity index (χ1n) is 3.97. The number of phenolic OH excluding ortho intramolecular Hbond substituents is 1. The van der Waals surface area contributed by atoms with Crippen molar-refractivity contribution in [3.63, 3.8) is 0 Å². The molecule has 0 aliphatic rings. The molecule has 0 saturated carbocycles. The van der Waals surface area contributed by atoms with Crippen LogP contribution in [0, 0.1) is 6.92 Å². The second-order valence-electron chi connectivity index (χ2n) is 2.90. The minimum absolute atomic E-state index is 0.158. The van der Waals surface area contributed by atoms with Crippen LogP contribution in [0.25, 0.3) is 6.08 Å². The molecule has 1 amide bonds. The molecule has 0 atom stereocenters. The lowest BCUT2D eigenvalue weighted by Gasteiger charge is -2.03. The van der Waals surface area contributed by atoms with Crippen LogP contribution in [0.2, 0.25) is 0 Å². The zero-order valence-corrected chi connectivity index (χ0v) is 9.21. The lowest BCUT2D eigenvalue weighted by atomic mass is 10.1. The van der Waals surface area contributed by atoms with Crippen molar-refractivity contribution in [1.82, 2.24) is 0 Å². The molecule has 0 aliphatic heterocycles. The monoisotopic (exact) mass is 255 g/mol. The number of rotatable bonds is 2. The molecule has 0 radical (unpaired) electrons. The normalized spacial score (nSPS) is 10.7. The number of phenols is 1. The van der Waals surface area contributed by atoms with E-state index in [9.17, 15) is 9.90 Å². The largest absolute Gasteiger partial charge is 0.507 e. The van der Waals surface area contributed by atoms with Gasteiger partial charge in [-0.05, 0) is 30.7 Å². The molecule has 0 aliphatic carbocycles. The number of halogens is 1. The molecule has 1 rings (SSSR count). The molecule has 1 aromatic rings. The van der Waals surface area contributed by atoms with Gasteiger partial charge >= 0.3 is 0 Å². The highest BCUT2D eigenvalue weighted by Crippen LogP contribution is 2.27. The molecule has 0 fully saturated rings. The topological polar surface area (TPSA) is 63.3 Å². The Hall–Kier alpha value is -1.29. The summed E-state index contributed by atoms with van der Waals surface area (Å²) in [6.45, 7) is 1.78. The number of hydrogen-bond acceptors (Lipinski definition) is 2. The van der Waals surface area contributed by atoms with E-state index >= 15 is 0 Å². The molecule has 3 nitrogen and oxygen atoms in total. The Labute approximate surface area is 90.4 Å². The second kappa shape index (κ2) is 4.28. The average molecular weight is 256 g/mol. The number of benzene rings is 1. The highest BCUT2D eigenvalue weighted by atomic mass is 79.9. The third-order valence-corrected chi connectivity index (χ3v) is 2.18. The van der Waals surface area contributed by atoms with E-state index in [4.69, 9.17) is 5.73 Å². The maximum Gasteiger partial charge on any atom is 0.241 e. The van der Waals surface area contributed by atoms with Gasteiger partial charge in [-0.15, -0.1) is 0 Å². The van der Waals surface area contributed by atoms with Gasteiger partial charge in [-0.25, -0.2) is 0 Å². The number of aryl methyl sites for hydroxylation is 1. The van der Waals surface area contributed by atoms with Crippen LogP contribution < -0.4 is 5.73 Å². The van der Waals surface area contributed by atoms with E-state index in [1.807, 2.05) is 0 Å². The average Bonchev–Trinajstić information content (AvgIpc) is 2.08. The molecule has 0 aromatic heterocycles. The number of primary amides is 1. The fourth-order valence-electron chi connectivity index (χ4n) is 1.06. The van der Waals surface area contributed by atoms with Crippen molar-refractivity contribution in [2.45, 2.75) is 6.92 Å². The van der Waals surface area contributed by atoms with Crippen LogP contribution in [-0.4, -0.2) is 11.0 Å². The van der Waals surface area contributed by atoms with Crippen molar-refractivity contribution >= 4 is 27.9 Å². The first kappa shape index (κ1) is 10.8. The van der Waals surface area contributed by atoms with Gasteiger partial charge in [0.25, 0.3) is 0 Å². The van der Waals surface area contributed by atoms with Crippen LogP contribution in [0.1, 0.15) is 11.1 Å². The molecule has 14 heavy (non-hydrogen) atoms. The molecule has 0 saturated heterocycles. The summed E-state index contributed by atoms with van der Waals surface area (Å²) in [4.78, 5) is 10.5. The van der Waals surface area contributed by atoms with Gasteiger partial charge in [-0.2, -0.15) is 0 Å². The molecule has 0 unspecified atom stereocenters. The third kappa shape index (κ3) is 2.60. The molecule has 4 heteroatoms. The van der Waals surface area contributed by atoms with Crippen LogP contribution in [0.4, 0.5) is 0 Å². The summed E-state index contributed by atoms with van der Waals surface area (Å²) >= 11 is 3.29. The number of carbonyl (C=O) groups is 1. The number of carbonyl (C=O) groups excluding carboxylic acids is 1. The highest BCUT2D eigenvalue weighted by molar-refractivity contribution is 9.10. The number of hydrogen-bond donors (Lipinski definition) is 2. The molecule has 1 aromatic carbocycles. The lowest BCUT2D eigenvalue weighted by Crippen LogP contribution is -2.05. The van der Waals surface area contributed by atoms with Crippen molar-refractivity contribution in [2.75, 3.05) is 0 Å². The number of aromatic hydroxyl groups is 1. The molecule has 0 heterocycles. The Bertz CT molecular complexity index is 399. The summed E-state index contributed by atoms with van der Waals surface area (Å²) < 4.78 is 0.844. The van der Waals surface area contributed by atoms with Crippen LogP contribution >= 0.6 is 15.9 Å². The first-order chi connectivity index (χ1) is 6.50. The summed E-state index contributed by atoms with van der Waals surface area (Å²) in [5, 5.41) is 9.61. The van der Waals surface area contributed by atoms with E-state index in [0.717, 1.165) is 10.0 Å². The van der Waals surface area contributed by atoms with Crippen LogP contribution in [0.5, 0.6) is 5.75 Å². The van der Waals surface area contributed by atoms with Gasteiger partial charge in [0, 0.05) is 16.1 Å². The lowest BCUT2D eigenvalue weighted by molar-refractivity contribution is -0.113. The predicted molar refractivity (Wildman–Crippen MR) is 58.8 cm³/mol. The van der Waals surface area contributed by atoms with Crippen molar-refractivity contribution in [3.8, 4) is 5.75 Å². The minimum Gasteiger partial charge on any atom is -0.507 e. The summed E-state index contributed by atoms with van der Waals surface area (Å²) in [5.41, 5.74) is 6.25. The van der Waals surface area contributed by atoms with E-state index in [1.165, 1.54) is 12.2 Å². The Morgan fingerprint density at radius 2 is 2.21 bits per heavy atom. The van der Waals surface area contributed by atoms with E-state index in [2.05, 4.69) is 15.9 Å². The van der Waals surface area contributed by atoms with Crippen LogP contribution in [0.15, 0.2) is 22.7 Å². The van der Waals surface area contributed by atoms with Crippen molar-refractivity contribution in [1.29, 1.82) is 0 Å². The van der Waals surface area contributed by atoms with E-state index in [0.29, 0.717) is 5.56 Å². The highest BCUT2D eigenvalue weighted by Gasteiger charge is 2.03. The Balaban J connectivity index is 3.14. The van der Waals surface area contributed by atoms with Crippen molar-refractivity contribution in [2.24, 2.45) is 5.73 Å². The van der Waals surface area contributed by atoms with E-state index in [1.54, 1.807) is 19.1 Å². The smallest absolute Gasteiger partial charge is 0.241 e. The number of nitrogens with two attached hydrogens (primary N) is 1. The molecular weight excluding hydrogens is 246 g/mol. The van der Waals surface area contributed by atoms with Gasteiger partial charge in [-0.1, -0.05) is 15.9 Å². The van der Waals surface area contributed by atoms with Gasteiger partial charge in [0.15, 0.2) is 0 Å². The third-order valence-electron chi connectivity index (χ3n) is 1.72. The molecule has 74 valence electrons. The summed E-state index contributed by atoms with van der Waals surface area (Å²) in [6, 6.07) is 3.50. The molecule has 0 spiro atoms. The maximum absolute atomic E-state index is 10.5. The summed E-state index contributed by atoms with van der Waals surface area (Å²) in [5.74, 6) is -0.382. The van der Waals surface area contributed by atoms with Crippen molar-refractivity contribution in [3.05, 3.63) is 33.8 Å². The number of amides is 1. The van der Waals surface area contributed by atoms with Gasteiger partial charge < -0.3 is 10.8 Å². The van der Waals surface area contributed by atoms with E-state index < -0.39 is 5.91 Å². The summed E-state index contributed by atoms with van der Waals surface area (Å²) in [6.07, 6.45) is 2.69. The molecule has 3 N–H and O–H groups in total. The zero-order valence-electron chi connectivity index (χ0n) is 7.62. The molecular formula is C10H10BrNO2. The molecule has 0 bridgehead atoms. The predicted octanol–water partition coefficient (Wildman–Crippen LogP) is 1.96. The van der Waals surface area contributed by atoms with Crippen LogP contribution in [0.3, 0.4) is 0 Å². The Morgan fingerprint density at radius 3 is 2.79 bits per heavy atom. The fraction of sp³-hybridized carbons (Fsp3) is 0.100. The maximum atomic E-state index is 10.5. The van der Waals surface area contributed by atoms with Crippen LogP contribution in [-0.2, 0) is 4.79 Å². The fourth-order valence-corrected chi connectivity index (χ4v) is 1.65. The second-order valence-corrected chi connectivity index (χ2v) is 3.81. The minimum atomic E-state index is -0.540. The van der Waals surface area contributed by atoms with Gasteiger partial charge in [0.2, 0.25) is 5.91 Å². The van der Waals surface area contributed by atoms with E-state index in [-0.39, 0.29) is 5.75 Å².